The van der Waals surface area contributed by atoms with E-state index >= 15 is 0 Å². The van der Waals surface area contributed by atoms with Crippen molar-refractivity contribution < 1.29 is 14.3 Å². The lowest BCUT2D eigenvalue weighted by atomic mass is 10.1. The highest BCUT2D eigenvalue weighted by Crippen LogP contribution is 2.15. The van der Waals surface area contributed by atoms with E-state index in [0.29, 0.717) is 24.4 Å². The fourth-order valence-electron chi connectivity index (χ4n) is 2.42. The molecule has 2 aromatic rings. The van der Waals surface area contributed by atoms with Crippen LogP contribution in [-0.2, 0) is 11.3 Å². The van der Waals surface area contributed by atoms with Crippen LogP contribution in [0.25, 0.3) is 0 Å². The Bertz CT molecular complexity index is 729. The van der Waals surface area contributed by atoms with Gasteiger partial charge in [-0.05, 0) is 54.9 Å². The molecule has 0 spiro atoms. The molecule has 2 amide bonds. The zero-order valence-electron chi connectivity index (χ0n) is 15.2. The van der Waals surface area contributed by atoms with E-state index < -0.39 is 0 Å². The fraction of sp³-hybridized carbons (Fsp3) is 0.300. The van der Waals surface area contributed by atoms with Crippen LogP contribution in [0.5, 0.6) is 5.75 Å². The van der Waals surface area contributed by atoms with Gasteiger partial charge < -0.3 is 20.7 Å². The van der Waals surface area contributed by atoms with Gasteiger partial charge in [0, 0.05) is 31.3 Å². The summed E-state index contributed by atoms with van der Waals surface area (Å²) in [6, 6.07) is 14.7. The largest absolute Gasteiger partial charge is 0.497 e. The van der Waals surface area contributed by atoms with Gasteiger partial charge in [0.15, 0.2) is 0 Å². The van der Waals surface area contributed by atoms with Crippen molar-refractivity contribution in [1.82, 2.24) is 10.6 Å². The minimum atomic E-state index is -0.159. The maximum Gasteiger partial charge on any atom is 0.255 e. The van der Waals surface area contributed by atoms with Crippen LogP contribution in [0.15, 0.2) is 48.5 Å². The molecule has 0 aliphatic carbocycles. The number of ether oxygens (including phenoxy) is 1. The number of anilines is 1. The molecule has 2 aromatic carbocycles. The Morgan fingerprint density at radius 1 is 1.04 bits per heavy atom. The summed E-state index contributed by atoms with van der Waals surface area (Å²) in [4.78, 5) is 23.1. The van der Waals surface area contributed by atoms with E-state index in [1.165, 1.54) is 6.92 Å². The second-order valence-electron chi connectivity index (χ2n) is 5.90. The molecule has 26 heavy (non-hydrogen) atoms. The molecule has 0 atom stereocenters. The van der Waals surface area contributed by atoms with Crippen LogP contribution in [0.1, 0.15) is 29.3 Å². The van der Waals surface area contributed by atoms with Gasteiger partial charge in [-0.3, -0.25) is 9.59 Å². The van der Waals surface area contributed by atoms with Crippen LogP contribution < -0.4 is 20.7 Å². The van der Waals surface area contributed by atoms with E-state index in [9.17, 15) is 9.59 Å². The quantitative estimate of drug-likeness (QED) is 0.604. The lowest BCUT2D eigenvalue weighted by Crippen LogP contribution is -2.25. The lowest BCUT2D eigenvalue weighted by Gasteiger charge is -2.09. The third-order valence-electron chi connectivity index (χ3n) is 3.77. The van der Waals surface area contributed by atoms with Crippen LogP contribution in [-0.4, -0.2) is 32.0 Å². The van der Waals surface area contributed by atoms with Crippen LogP contribution in [0.2, 0.25) is 0 Å². The van der Waals surface area contributed by atoms with Gasteiger partial charge >= 0.3 is 0 Å². The summed E-state index contributed by atoms with van der Waals surface area (Å²) in [5.74, 6) is 0.548. The zero-order chi connectivity index (χ0) is 18.8. The van der Waals surface area contributed by atoms with Crippen molar-refractivity contribution in [3.05, 3.63) is 59.7 Å². The van der Waals surface area contributed by atoms with Gasteiger partial charge in [-0.2, -0.15) is 0 Å². The van der Waals surface area contributed by atoms with Crippen molar-refractivity contribution in [2.75, 3.05) is 25.5 Å². The van der Waals surface area contributed by atoms with E-state index in [0.717, 1.165) is 24.2 Å². The number of carbonyl (C=O) groups is 2. The van der Waals surface area contributed by atoms with Crippen LogP contribution >= 0.6 is 0 Å². The second-order valence-corrected chi connectivity index (χ2v) is 5.90. The van der Waals surface area contributed by atoms with Crippen LogP contribution in [0, 0.1) is 0 Å². The minimum Gasteiger partial charge on any atom is -0.497 e. The van der Waals surface area contributed by atoms with Gasteiger partial charge in [-0.25, -0.2) is 0 Å². The van der Waals surface area contributed by atoms with E-state index in [4.69, 9.17) is 4.74 Å². The maximum absolute atomic E-state index is 12.3. The summed E-state index contributed by atoms with van der Waals surface area (Å²) in [5, 5.41) is 8.99. The summed E-state index contributed by atoms with van der Waals surface area (Å²) in [6.07, 6.45) is 0.869. The highest BCUT2D eigenvalue weighted by atomic mass is 16.5. The highest BCUT2D eigenvalue weighted by Gasteiger charge is 2.06. The van der Waals surface area contributed by atoms with Gasteiger partial charge in [0.05, 0.1) is 7.11 Å². The summed E-state index contributed by atoms with van der Waals surface area (Å²) in [5.41, 5.74) is 2.41. The van der Waals surface area contributed by atoms with Gasteiger partial charge in [0.1, 0.15) is 5.75 Å². The Labute approximate surface area is 153 Å². The minimum absolute atomic E-state index is 0.00898. The summed E-state index contributed by atoms with van der Waals surface area (Å²) >= 11 is 0. The number of amides is 2. The molecule has 0 aliphatic heterocycles. The Kier molecular flexibility index (Phi) is 7.64. The first kappa shape index (κ1) is 19.5. The molecule has 0 aromatic heterocycles. The molecule has 138 valence electrons. The molecule has 6 heteroatoms. The van der Waals surface area contributed by atoms with E-state index in [1.54, 1.807) is 31.4 Å². The average molecular weight is 355 g/mol. The third kappa shape index (κ3) is 6.57. The number of rotatable bonds is 9. The summed E-state index contributed by atoms with van der Waals surface area (Å²) in [7, 11) is 1.59. The number of carbonyl (C=O) groups excluding carboxylic acids is 2. The maximum atomic E-state index is 12.3. The molecule has 6 nitrogen and oxygen atoms in total. The van der Waals surface area contributed by atoms with E-state index in [1.807, 2.05) is 24.3 Å². The van der Waals surface area contributed by atoms with E-state index in [-0.39, 0.29) is 11.8 Å². The number of methoxy groups -OCH3 is 1. The molecule has 2 rings (SSSR count). The van der Waals surface area contributed by atoms with E-state index in [2.05, 4.69) is 16.0 Å². The molecule has 0 saturated heterocycles. The Morgan fingerprint density at radius 2 is 1.81 bits per heavy atom. The highest BCUT2D eigenvalue weighted by molar-refractivity contribution is 6.04. The first-order chi connectivity index (χ1) is 12.6. The van der Waals surface area contributed by atoms with Gasteiger partial charge in [-0.15, -0.1) is 0 Å². The molecule has 0 unspecified atom stereocenters. The number of nitrogens with one attached hydrogen (secondary N) is 3. The molecule has 0 heterocycles. The zero-order valence-corrected chi connectivity index (χ0v) is 15.2. The molecule has 0 radical (unpaired) electrons. The molecule has 0 bridgehead atoms. The number of benzene rings is 2. The van der Waals surface area contributed by atoms with Crippen LogP contribution in [0.4, 0.5) is 5.69 Å². The smallest absolute Gasteiger partial charge is 0.255 e. The number of hydrogen-bond acceptors (Lipinski definition) is 4. The SMILES string of the molecule is COc1ccc(C(=O)Nc2cccc(CNCCCNC(C)=O)c2)cc1. The molecule has 0 saturated carbocycles. The summed E-state index contributed by atoms with van der Waals surface area (Å²) < 4.78 is 5.10. The molecule has 0 aliphatic rings. The van der Waals surface area contributed by atoms with Crippen molar-refractivity contribution in [2.45, 2.75) is 19.9 Å². The third-order valence-corrected chi connectivity index (χ3v) is 3.77. The fourth-order valence-corrected chi connectivity index (χ4v) is 2.42. The van der Waals surface area contributed by atoms with Gasteiger partial charge in [-0.1, -0.05) is 12.1 Å². The Hall–Kier alpha value is -2.86. The van der Waals surface area contributed by atoms with Crippen molar-refractivity contribution in [3.8, 4) is 5.75 Å². The van der Waals surface area contributed by atoms with Gasteiger partial charge in [0.25, 0.3) is 5.91 Å². The summed E-state index contributed by atoms with van der Waals surface area (Å²) in [6.45, 7) is 3.69. The first-order valence-corrected chi connectivity index (χ1v) is 8.58. The van der Waals surface area contributed by atoms with Gasteiger partial charge in [0.2, 0.25) is 5.91 Å². The Morgan fingerprint density at radius 3 is 2.50 bits per heavy atom. The normalized spacial score (nSPS) is 10.2. The average Bonchev–Trinajstić information content (AvgIpc) is 2.64. The second kappa shape index (κ2) is 10.2. The first-order valence-electron chi connectivity index (χ1n) is 8.58. The van der Waals surface area contributed by atoms with Crippen molar-refractivity contribution >= 4 is 17.5 Å². The monoisotopic (exact) mass is 355 g/mol. The van der Waals surface area contributed by atoms with Crippen LogP contribution in [0.3, 0.4) is 0 Å². The predicted molar refractivity (Wildman–Crippen MR) is 102 cm³/mol. The molecule has 3 N–H and O–H groups in total. The molecular formula is C20H25N3O3. The van der Waals surface area contributed by atoms with Crippen molar-refractivity contribution in [3.63, 3.8) is 0 Å². The molecular weight excluding hydrogens is 330 g/mol. The lowest BCUT2D eigenvalue weighted by molar-refractivity contribution is -0.118. The topological polar surface area (TPSA) is 79.5 Å². The predicted octanol–water partition coefficient (Wildman–Crippen LogP) is 2.56. The Balaban J connectivity index is 1.82. The number of hydrogen-bond donors (Lipinski definition) is 3. The standard InChI is InChI=1S/C20H25N3O3/c1-15(24)22-12-4-11-21-14-16-5-3-6-18(13-16)23-20(25)17-7-9-19(26-2)10-8-17/h3,5-10,13,21H,4,11-12,14H2,1-2H3,(H,22,24)(H,23,25). The molecule has 0 fully saturated rings. The van der Waals surface area contributed by atoms with Crippen molar-refractivity contribution in [2.24, 2.45) is 0 Å². The van der Waals surface area contributed by atoms with Crippen molar-refractivity contribution in [1.29, 1.82) is 0 Å².